The summed E-state index contributed by atoms with van der Waals surface area (Å²) in [7, 11) is 0. The lowest BCUT2D eigenvalue weighted by Crippen LogP contribution is -2.35. The Hall–Kier alpha value is -1.06. The Labute approximate surface area is 129 Å². The van der Waals surface area contributed by atoms with Gasteiger partial charge in [0.1, 0.15) is 12.4 Å². The lowest BCUT2D eigenvalue weighted by atomic mass is 10.1. The summed E-state index contributed by atoms with van der Waals surface area (Å²) >= 11 is 0. The molecule has 0 aromatic heterocycles. The van der Waals surface area contributed by atoms with Crippen LogP contribution in [0.2, 0.25) is 0 Å². The number of likely N-dealkylation sites (N-methyl/N-ethyl adjacent to an activating group) is 1. The fourth-order valence-corrected chi connectivity index (χ4v) is 2.46. The molecule has 0 amide bonds. The van der Waals surface area contributed by atoms with Gasteiger partial charge in [0.25, 0.3) is 0 Å². The number of hydrogen-bond acceptors (Lipinski definition) is 3. The molecular formula is C18H30N2O. The van der Waals surface area contributed by atoms with Crippen LogP contribution >= 0.6 is 0 Å². The van der Waals surface area contributed by atoms with E-state index in [4.69, 9.17) is 4.74 Å². The maximum Gasteiger partial charge on any atom is 0.123 e. The second kappa shape index (κ2) is 7.28. The highest BCUT2D eigenvalue weighted by Crippen LogP contribution is 2.26. The van der Waals surface area contributed by atoms with Gasteiger partial charge in [0, 0.05) is 30.2 Å². The van der Waals surface area contributed by atoms with Gasteiger partial charge < -0.3 is 10.1 Å². The number of benzene rings is 1. The lowest BCUT2D eigenvalue weighted by molar-refractivity contribution is 0.207. The van der Waals surface area contributed by atoms with E-state index in [1.807, 2.05) is 0 Å². The molecule has 0 radical (unpaired) electrons. The lowest BCUT2D eigenvalue weighted by Gasteiger charge is -2.23. The monoisotopic (exact) mass is 290 g/mol. The van der Waals surface area contributed by atoms with E-state index in [1.165, 1.54) is 18.4 Å². The molecular weight excluding hydrogens is 260 g/mol. The molecule has 2 rings (SSSR count). The van der Waals surface area contributed by atoms with Crippen molar-refractivity contribution in [1.29, 1.82) is 0 Å². The van der Waals surface area contributed by atoms with Gasteiger partial charge in [-0.2, -0.15) is 0 Å². The summed E-state index contributed by atoms with van der Waals surface area (Å²) in [5.74, 6) is 1.01. The number of nitrogens with zero attached hydrogens (tertiary/aromatic N) is 1. The third-order valence-electron chi connectivity index (χ3n) is 3.89. The van der Waals surface area contributed by atoms with Crippen molar-refractivity contribution in [2.24, 2.45) is 0 Å². The van der Waals surface area contributed by atoms with Crippen LogP contribution in [0.3, 0.4) is 0 Å². The highest BCUT2D eigenvalue weighted by atomic mass is 16.5. The maximum atomic E-state index is 6.03. The average molecular weight is 290 g/mol. The van der Waals surface area contributed by atoms with Gasteiger partial charge in [-0.1, -0.05) is 25.1 Å². The van der Waals surface area contributed by atoms with Crippen LogP contribution in [0.4, 0.5) is 0 Å². The van der Waals surface area contributed by atoms with Crippen molar-refractivity contribution < 1.29 is 4.74 Å². The molecule has 21 heavy (non-hydrogen) atoms. The third-order valence-corrected chi connectivity index (χ3v) is 3.89. The van der Waals surface area contributed by atoms with Crippen LogP contribution in [0.1, 0.15) is 46.1 Å². The largest absolute Gasteiger partial charge is 0.492 e. The van der Waals surface area contributed by atoms with E-state index in [9.17, 15) is 0 Å². The molecule has 1 saturated carbocycles. The molecule has 0 atom stereocenters. The molecule has 0 aliphatic heterocycles. The second-order valence-electron chi connectivity index (χ2n) is 6.92. The minimum Gasteiger partial charge on any atom is -0.492 e. The molecule has 1 aromatic rings. The zero-order valence-corrected chi connectivity index (χ0v) is 14.0. The van der Waals surface area contributed by atoms with Crippen molar-refractivity contribution in [3.05, 3.63) is 29.8 Å². The minimum absolute atomic E-state index is 0.123. The molecule has 1 aromatic carbocycles. The van der Waals surface area contributed by atoms with Gasteiger partial charge >= 0.3 is 0 Å². The van der Waals surface area contributed by atoms with Crippen LogP contribution in [0.5, 0.6) is 5.75 Å². The Balaban J connectivity index is 1.84. The zero-order chi connectivity index (χ0) is 15.3. The summed E-state index contributed by atoms with van der Waals surface area (Å²) in [5, 5.41) is 3.53. The minimum atomic E-state index is 0.123. The zero-order valence-electron chi connectivity index (χ0n) is 14.0. The summed E-state index contributed by atoms with van der Waals surface area (Å²) in [4.78, 5) is 2.52. The Morgan fingerprint density at radius 1 is 1.24 bits per heavy atom. The van der Waals surface area contributed by atoms with Crippen LogP contribution in [0, 0.1) is 0 Å². The summed E-state index contributed by atoms with van der Waals surface area (Å²) in [6, 6.07) is 9.17. The van der Waals surface area contributed by atoms with Gasteiger partial charge in [-0.05, 0) is 46.2 Å². The average Bonchev–Trinajstić information content (AvgIpc) is 3.26. The molecule has 0 bridgehead atoms. The van der Waals surface area contributed by atoms with Crippen LogP contribution in [0.25, 0.3) is 0 Å². The standard InChI is InChI=1S/C18H30N2O/c1-5-20(16-10-11-16)12-13-21-17-9-7-6-8-15(17)14-19-18(2,3)4/h6-9,16,19H,5,10-14H2,1-4H3. The van der Waals surface area contributed by atoms with E-state index < -0.39 is 0 Å². The number of rotatable bonds is 8. The van der Waals surface area contributed by atoms with Crippen LogP contribution in [-0.4, -0.2) is 36.2 Å². The van der Waals surface area contributed by atoms with E-state index in [0.717, 1.165) is 38.0 Å². The molecule has 0 spiro atoms. The Bertz CT molecular complexity index is 435. The molecule has 0 unspecified atom stereocenters. The molecule has 1 N–H and O–H groups in total. The number of nitrogens with one attached hydrogen (secondary N) is 1. The van der Waals surface area contributed by atoms with Crippen molar-refractivity contribution in [1.82, 2.24) is 10.2 Å². The quantitative estimate of drug-likeness (QED) is 0.794. The van der Waals surface area contributed by atoms with Gasteiger partial charge in [-0.3, -0.25) is 4.90 Å². The van der Waals surface area contributed by atoms with Crippen LogP contribution in [0.15, 0.2) is 24.3 Å². The van der Waals surface area contributed by atoms with Gasteiger partial charge in [-0.25, -0.2) is 0 Å². The highest BCUT2D eigenvalue weighted by Gasteiger charge is 2.27. The van der Waals surface area contributed by atoms with E-state index >= 15 is 0 Å². The predicted octanol–water partition coefficient (Wildman–Crippen LogP) is 3.44. The molecule has 0 saturated heterocycles. The molecule has 3 heteroatoms. The first-order chi connectivity index (χ1) is 9.99. The first-order valence-electron chi connectivity index (χ1n) is 8.19. The smallest absolute Gasteiger partial charge is 0.123 e. The summed E-state index contributed by atoms with van der Waals surface area (Å²) in [6.07, 6.45) is 2.72. The molecule has 1 fully saturated rings. The van der Waals surface area contributed by atoms with E-state index in [2.05, 4.69) is 62.2 Å². The fraction of sp³-hybridized carbons (Fsp3) is 0.667. The van der Waals surface area contributed by atoms with Gasteiger partial charge in [0.05, 0.1) is 0 Å². The van der Waals surface area contributed by atoms with Gasteiger partial charge in [-0.15, -0.1) is 0 Å². The fourth-order valence-electron chi connectivity index (χ4n) is 2.46. The Morgan fingerprint density at radius 2 is 1.95 bits per heavy atom. The predicted molar refractivity (Wildman–Crippen MR) is 88.8 cm³/mol. The van der Waals surface area contributed by atoms with Crippen molar-refractivity contribution >= 4 is 0 Å². The summed E-state index contributed by atoms with van der Waals surface area (Å²) in [5.41, 5.74) is 1.36. The van der Waals surface area contributed by atoms with Crippen LogP contribution in [-0.2, 0) is 6.54 Å². The van der Waals surface area contributed by atoms with Crippen molar-refractivity contribution in [2.75, 3.05) is 19.7 Å². The van der Waals surface area contributed by atoms with E-state index in [0.29, 0.717) is 0 Å². The van der Waals surface area contributed by atoms with E-state index in [1.54, 1.807) is 0 Å². The topological polar surface area (TPSA) is 24.5 Å². The molecule has 1 aliphatic rings. The van der Waals surface area contributed by atoms with Crippen molar-refractivity contribution in [3.8, 4) is 5.75 Å². The first-order valence-corrected chi connectivity index (χ1v) is 8.19. The van der Waals surface area contributed by atoms with Gasteiger partial charge in [0.2, 0.25) is 0 Å². The number of para-hydroxylation sites is 1. The second-order valence-corrected chi connectivity index (χ2v) is 6.92. The third kappa shape index (κ3) is 5.68. The maximum absolute atomic E-state index is 6.03. The number of hydrogen-bond donors (Lipinski definition) is 1. The SMILES string of the molecule is CCN(CCOc1ccccc1CNC(C)(C)C)C1CC1. The summed E-state index contributed by atoms with van der Waals surface area (Å²) < 4.78 is 6.03. The first kappa shape index (κ1) is 16.3. The molecule has 3 nitrogen and oxygen atoms in total. The molecule has 1 aliphatic carbocycles. The highest BCUT2D eigenvalue weighted by molar-refractivity contribution is 5.33. The van der Waals surface area contributed by atoms with Gasteiger partial charge in [0.15, 0.2) is 0 Å². The van der Waals surface area contributed by atoms with Crippen LogP contribution < -0.4 is 10.1 Å². The Morgan fingerprint density at radius 3 is 2.57 bits per heavy atom. The van der Waals surface area contributed by atoms with Crippen molar-refractivity contribution in [2.45, 2.75) is 58.7 Å². The normalized spacial score (nSPS) is 15.5. The van der Waals surface area contributed by atoms with Crippen molar-refractivity contribution in [3.63, 3.8) is 0 Å². The Kier molecular flexibility index (Phi) is 5.65. The number of ether oxygens (including phenoxy) is 1. The summed E-state index contributed by atoms with van der Waals surface area (Å²) in [6.45, 7) is 12.6. The molecule has 0 heterocycles. The molecule has 118 valence electrons. The van der Waals surface area contributed by atoms with E-state index in [-0.39, 0.29) is 5.54 Å².